The Kier molecular flexibility index (Phi) is 4.59. The van der Waals surface area contributed by atoms with E-state index < -0.39 is 0 Å². The molecule has 1 fully saturated rings. The summed E-state index contributed by atoms with van der Waals surface area (Å²) < 4.78 is 10.8. The monoisotopic (exact) mass is 249 g/mol. The summed E-state index contributed by atoms with van der Waals surface area (Å²) in [5, 5.41) is 2.98. The second kappa shape index (κ2) is 6.40. The Morgan fingerprint density at radius 3 is 3.00 bits per heavy atom. The molecule has 0 bridgehead atoms. The van der Waals surface area contributed by atoms with Crippen molar-refractivity contribution in [2.45, 2.75) is 25.4 Å². The maximum atomic E-state index is 11.9. The SMILES string of the molecule is CNc1ccccc1C(=O)OCC1CCCCO1. The van der Waals surface area contributed by atoms with Crippen LogP contribution in [-0.4, -0.2) is 32.3 Å². The molecule has 1 N–H and O–H groups in total. The van der Waals surface area contributed by atoms with Crippen LogP contribution in [0.25, 0.3) is 0 Å². The van der Waals surface area contributed by atoms with Gasteiger partial charge in [-0.2, -0.15) is 0 Å². The molecule has 1 aromatic rings. The fraction of sp³-hybridized carbons (Fsp3) is 0.500. The van der Waals surface area contributed by atoms with Gasteiger partial charge in [0, 0.05) is 19.3 Å². The highest BCUT2D eigenvalue weighted by molar-refractivity contribution is 5.95. The zero-order chi connectivity index (χ0) is 12.8. The molecule has 1 aromatic carbocycles. The van der Waals surface area contributed by atoms with Crippen molar-refractivity contribution in [2.75, 3.05) is 25.6 Å². The van der Waals surface area contributed by atoms with Gasteiger partial charge in [0.15, 0.2) is 0 Å². The molecular formula is C14H19NO3. The molecule has 4 heteroatoms. The van der Waals surface area contributed by atoms with E-state index in [9.17, 15) is 4.79 Å². The van der Waals surface area contributed by atoms with E-state index in [2.05, 4.69) is 5.32 Å². The lowest BCUT2D eigenvalue weighted by Gasteiger charge is -2.22. The summed E-state index contributed by atoms with van der Waals surface area (Å²) in [5.41, 5.74) is 1.35. The van der Waals surface area contributed by atoms with Crippen molar-refractivity contribution >= 4 is 11.7 Å². The third-order valence-corrected chi connectivity index (χ3v) is 3.09. The molecule has 1 heterocycles. The van der Waals surface area contributed by atoms with Gasteiger partial charge < -0.3 is 14.8 Å². The largest absolute Gasteiger partial charge is 0.459 e. The summed E-state index contributed by atoms with van der Waals surface area (Å²) in [5.74, 6) is -0.297. The van der Waals surface area contributed by atoms with Crippen molar-refractivity contribution in [2.24, 2.45) is 0 Å². The Morgan fingerprint density at radius 1 is 1.44 bits per heavy atom. The number of para-hydroxylation sites is 1. The minimum Gasteiger partial charge on any atom is -0.459 e. The molecule has 0 aromatic heterocycles. The van der Waals surface area contributed by atoms with Crippen molar-refractivity contribution in [3.63, 3.8) is 0 Å². The Labute approximate surface area is 107 Å². The zero-order valence-electron chi connectivity index (χ0n) is 10.6. The number of hydrogen-bond acceptors (Lipinski definition) is 4. The molecule has 18 heavy (non-hydrogen) atoms. The van der Waals surface area contributed by atoms with Crippen LogP contribution in [0.1, 0.15) is 29.6 Å². The van der Waals surface area contributed by atoms with Crippen LogP contribution in [0, 0.1) is 0 Å². The van der Waals surface area contributed by atoms with Gasteiger partial charge in [0.2, 0.25) is 0 Å². The van der Waals surface area contributed by atoms with Crippen LogP contribution in [0.2, 0.25) is 0 Å². The minimum atomic E-state index is -0.297. The molecule has 0 amide bonds. The van der Waals surface area contributed by atoms with Crippen molar-refractivity contribution in [3.05, 3.63) is 29.8 Å². The van der Waals surface area contributed by atoms with Crippen LogP contribution >= 0.6 is 0 Å². The van der Waals surface area contributed by atoms with E-state index in [0.717, 1.165) is 31.6 Å². The van der Waals surface area contributed by atoms with Crippen molar-refractivity contribution < 1.29 is 14.3 Å². The van der Waals surface area contributed by atoms with Gasteiger partial charge >= 0.3 is 5.97 Å². The van der Waals surface area contributed by atoms with Gasteiger partial charge in [-0.3, -0.25) is 0 Å². The zero-order valence-corrected chi connectivity index (χ0v) is 10.6. The molecular weight excluding hydrogens is 230 g/mol. The van der Waals surface area contributed by atoms with Crippen molar-refractivity contribution in [3.8, 4) is 0 Å². The van der Waals surface area contributed by atoms with Crippen LogP contribution in [0.3, 0.4) is 0 Å². The normalized spacial score (nSPS) is 19.3. The molecule has 1 saturated heterocycles. The number of rotatable bonds is 4. The Bertz CT molecular complexity index is 400. The van der Waals surface area contributed by atoms with E-state index in [1.165, 1.54) is 0 Å². The molecule has 1 unspecified atom stereocenters. The number of esters is 1. The van der Waals surface area contributed by atoms with Gasteiger partial charge in [-0.05, 0) is 31.4 Å². The van der Waals surface area contributed by atoms with Gasteiger partial charge in [0.25, 0.3) is 0 Å². The third-order valence-electron chi connectivity index (χ3n) is 3.09. The predicted octanol–water partition coefficient (Wildman–Crippen LogP) is 2.45. The molecule has 98 valence electrons. The lowest BCUT2D eigenvalue weighted by Crippen LogP contribution is -2.26. The standard InChI is InChI=1S/C14H19NO3/c1-15-13-8-3-2-7-12(13)14(16)18-10-11-6-4-5-9-17-11/h2-3,7-8,11,15H,4-6,9-10H2,1H3. The molecule has 0 spiro atoms. The average molecular weight is 249 g/mol. The van der Waals surface area contributed by atoms with E-state index in [1.54, 1.807) is 13.1 Å². The first-order valence-corrected chi connectivity index (χ1v) is 6.37. The van der Waals surface area contributed by atoms with Gasteiger partial charge in [-0.25, -0.2) is 4.79 Å². The Morgan fingerprint density at radius 2 is 2.28 bits per heavy atom. The third kappa shape index (κ3) is 3.23. The molecule has 1 aliphatic heterocycles. The summed E-state index contributed by atoms with van der Waals surface area (Å²) in [4.78, 5) is 11.9. The molecule has 1 atom stereocenters. The van der Waals surface area contributed by atoms with E-state index in [1.807, 2.05) is 18.2 Å². The first-order valence-electron chi connectivity index (χ1n) is 6.37. The van der Waals surface area contributed by atoms with Gasteiger partial charge in [0.05, 0.1) is 11.7 Å². The number of benzene rings is 1. The van der Waals surface area contributed by atoms with Crippen LogP contribution < -0.4 is 5.32 Å². The number of ether oxygens (including phenoxy) is 2. The van der Waals surface area contributed by atoms with Gasteiger partial charge in [-0.15, -0.1) is 0 Å². The lowest BCUT2D eigenvalue weighted by molar-refractivity contribution is -0.0300. The van der Waals surface area contributed by atoms with Crippen LogP contribution in [-0.2, 0) is 9.47 Å². The summed E-state index contributed by atoms with van der Waals surface area (Å²) >= 11 is 0. The van der Waals surface area contributed by atoms with Crippen LogP contribution in [0.15, 0.2) is 24.3 Å². The maximum Gasteiger partial charge on any atom is 0.340 e. The first kappa shape index (κ1) is 12.9. The van der Waals surface area contributed by atoms with Crippen LogP contribution in [0.4, 0.5) is 5.69 Å². The summed E-state index contributed by atoms with van der Waals surface area (Å²) in [6, 6.07) is 7.32. The van der Waals surface area contributed by atoms with Crippen molar-refractivity contribution in [1.29, 1.82) is 0 Å². The minimum absolute atomic E-state index is 0.0597. The Hall–Kier alpha value is -1.55. The van der Waals surface area contributed by atoms with Crippen molar-refractivity contribution in [1.82, 2.24) is 0 Å². The fourth-order valence-electron chi connectivity index (χ4n) is 2.06. The average Bonchev–Trinajstić information content (AvgIpc) is 2.45. The fourth-order valence-corrected chi connectivity index (χ4v) is 2.06. The Balaban J connectivity index is 1.90. The van der Waals surface area contributed by atoms with E-state index in [0.29, 0.717) is 12.2 Å². The highest BCUT2D eigenvalue weighted by Crippen LogP contribution is 2.17. The maximum absolute atomic E-state index is 11.9. The molecule has 4 nitrogen and oxygen atoms in total. The highest BCUT2D eigenvalue weighted by atomic mass is 16.6. The topological polar surface area (TPSA) is 47.6 Å². The number of nitrogens with one attached hydrogen (secondary N) is 1. The number of anilines is 1. The summed E-state index contributed by atoms with van der Waals surface area (Å²) in [6.07, 6.45) is 3.29. The van der Waals surface area contributed by atoms with Crippen LogP contribution in [0.5, 0.6) is 0 Å². The second-order valence-electron chi connectivity index (χ2n) is 4.38. The predicted molar refractivity (Wildman–Crippen MR) is 69.9 cm³/mol. The van der Waals surface area contributed by atoms with Gasteiger partial charge in [0.1, 0.15) is 6.61 Å². The molecule has 2 rings (SSSR count). The smallest absolute Gasteiger partial charge is 0.340 e. The molecule has 0 saturated carbocycles. The summed E-state index contributed by atoms with van der Waals surface area (Å²) in [6.45, 7) is 1.12. The number of carbonyl (C=O) groups is 1. The molecule has 0 aliphatic carbocycles. The van der Waals surface area contributed by atoms with Gasteiger partial charge in [-0.1, -0.05) is 12.1 Å². The highest BCUT2D eigenvalue weighted by Gasteiger charge is 2.17. The molecule has 0 radical (unpaired) electrons. The second-order valence-corrected chi connectivity index (χ2v) is 4.38. The lowest BCUT2D eigenvalue weighted by atomic mass is 10.1. The summed E-state index contributed by atoms with van der Waals surface area (Å²) in [7, 11) is 1.79. The quantitative estimate of drug-likeness (QED) is 0.833. The van der Waals surface area contributed by atoms with E-state index >= 15 is 0 Å². The number of hydrogen-bond donors (Lipinski definition) is 1. The molecule has 1 aliphatic rings. The van der Waals surface area contributed by atoms with E-state index in [4.69, 9.17) is 9.47 Å². The number of carbonyl (C=O) groups excluding carboxylic acids is 1. The first-order chi connectivity index (χ1) is 8.81. The van der Waals surface area contributed by atoms with E-state index in [-0.39, 0.29) is 12.1 Å².